The van der Waals surface area contributed by atoms with E-state index in [1.165, 1.54) is 5.56 Å². The van der Waals surface area contributed by atoms with Crippen LogP contribution in [-0.2, 0) is 0 Å². The Balaban J connectivity index is 0.00000400. The largest absolute Gasteiger partial charge is 0.412 e. The van der Waals surface area contributed by atoms with Crippen LogP contribution >= 0.6 is 12.4 Å². The number of amides is 1. The zero-order valence-electron chi connectivity index (χ0n) is 13.6. The summed E-state index contributed by atoms with van der Waals surface area (Å²) in [6, 6.07) is 7.83. The molecule has 0 bridgehead atoms. The quantitative estimate of drug-likeness (QED) is 0.873. The number of carbonyl (C=O) groups excluding carboxylic acids is 1. The monoisotopic (exact) mass is 314 g/mol. The predicted octanol–water partition coefficient (Wildman–Crippen LogP) is 3.52. The van der Waals surface area contributed by atoms with Gasteiger partial charge in [-0.15, -0.1) is 12.4 Å². The maximum atomic E-state index is 11.3. The third kappa shape index (κ3) is 6.36. The first-order valence-corrected chi connectivity index (χ1v) is 7.12. The molecule has 0 fully saturated rings. The molecule has 0 aromatic heterocycles. The minimum atomic E-state index is -0.434. The third-order valence-electron chi connectivity index (χ3n) is 3.48. The van der Waals surface area contributed by atoms with Gasteiger partial charge in [0.15, 0.2) is 0 Å². The molecule has 0 saturated carbocycles. The molecule has 1 aromatic carbocycles. The fourth-order valence-electron chi connectivity index (χ4n) is 2.64. The fourth-order valence-corrected chi connectivity index (χ4v) is 2.64. The van der Waals surface area contributed by atoms with Crippen LogP contribution in [0.25, 0.3) is 0 Å². The Labute approximate surface area is 134 Å². The Hall–Kier alpha value is -1.26. The molecule has 1 N–H and O–H groups in total. The first-order chi connectivity index (χ1) is 9.47. The van der Waals surface area contributed by atoms with Gasteiger partial charge in [0.2, 0.25) is 0 Å². The van der Waals surface area contributed by atoms with E-state index in [4.69, 9.17) is 4.74 Å². The van der Waals surface area contributed by atoms with Crippen molar-refractivity contribution in [3.05, 3.63) is 29.8 Å². The van der Waals surface area contributed by atoms with Crippen molar-refractivity contribution in [2.75, 3.05) is 27.7 Å². The Bertz CT molecular complexity index is 438. The lowest BCUT2D eigenvalue weighted by Crippen LogP contribution is -2.24. The van der Waals surface area contributed by atoms with Gasteiger partial charge in [0, 0.05) is 13.6 Å². The number of halogens is 1. The minimum Gasteiger partial charge on any atom is -0.410 e. The van der Waals surface area contributed by atoms with E-state index in [0.717, 1.165) is 13.0 Å². The topological polar surface area (TPSA) is 41.6 Å². The van der Waals surface area contributed by atoms with Crippen LogP contribution in [0.15, 0.2) is 24.3 Å². The molecule has 0 radical (unpaired) electrons. The lowest BCUT2D eigenvalue weighted by molar-refractivity contribution is 0.203. The predicted molar refractivity (Wildman–Crippen MR) is 89.5 cm³/mol. The number of nitrogens with one attached hydrogen (secondary N) is 1. The second-order valence-electron chi connectivity index (χ2n) is 5.47. The molecule has 4 nitrogen and oxygen atoms in total. The first-order valence-electron chi connectivity index (χ1n) is 7.12. The number of nitrogens with zero attached hydrogens (tertiary/aromatic N) is 1. The van der Waals surface area contributed by atoms with Crippen LogP contribution < -0.4 is 10.1 Å². The minimum absolute atomic E-state index is 0. The second kappa shape index (κ2) is 9.64. The van der Waals surface area contributed by atoms with E-state index >= 15 is 0 Å². The average molecular weight is 315 g/mol. The molecule has 120 valence electrons. The van der Waals surface area contributed by atoms with E-state index in [1.807, 2.05) is 18.2 Å². The molecule has 1 aromatic rings. The number of hydrogen-bond acceptors (Lipinski definition) is 3. The number of hydrogen-bond donors (Lipinski definition) is 1. The van der Waals surface area contributed by atoms with Crippen molar-refractivity contribution in [3.63, 3.8) is 0 Å². The number of rotatable bonds is 6. The molecule has 0 aliphatic rings. The molecule has 0 saturated heterocycles. The summed E-state index contributed by atoms with van der Waals surface area (Å²) < 4.78 is 5.20. The SMILES string of the molecule is CC[C@@H](c1cccc(OC(=O)NC)c1)[C@@H](C)CN(C)C.Cl. The van der Waals surface area contributed by atoms with Gasteiger partial charge in [0.25, 0.3) is 0 Å². The molecular weight excluding hydrogens is 288 g/mol. The van der Waals surface area contributed by atoms with Crippen LogP contribution in [0.2, 0.25) is 0 Å². The van der Waals surface area contributed by atoms with Gasteiger partial charge in [-0.3, -0.25) is 0 Å². The van der Waals surface area contributed by atoms with Gasteiger partial charge in [0.1, 0.15) is 5.75 Å². The summed E-state index contributed by atoms with van der Waals surface area (Å²) in [6.45, 7) is 5.50. The summed E-state index contributed by atoms with van der Waals surface area (Å²) in [5.41, 5.74) is 1.23. The van der Waals surface area contributed by atoms with Gasteiger partial charge in [-0.1, -0.05) is 26.0 Å². The zero-order valence-corrected chi connectivity index (χ0v) is 14.4. The summed E-state index contributed by atoms with van der Waals surface area (Å²) >= 11 is 0. The van der Waals surface area contributed by atoms with Crippen molar-refractivity contribution >= 4 is 18.5 Å². The molecule has 0 aliphatic carbocycles. The third-order valence-corrected chi connectivity index (χ3v) is 3.48. The summed E-state index contributed by atoms with van der Waals surface area (Å²) in [6.07, 6.45) is 0.634. The summed E-state index contributed by atoms with van der Waals surface area (Å²) in [5, 5.41) is 2.46. The Morgan fingerprint density at radius 2 is 2.05 bits per heavy atom. The summed E-state index contributed by atoms with van der Waals surface area (Å²) in [7, 11) is 5.74. The van der Waals surface area contributed by atoms with E-state index < -0.39 is 6.09 Å². The van der Waals surface area contributed by atoms with E-state index in [-0.39, 0.29) is 12.4 Å². The van der Waals surface area contributed by atoms with Crippen molar-refractivity contribution in [1.29, 1.82) is 0 Å². The Morgan fingerprint density at radius 3 is 2.57 bits per heavy atom. The molecule has 1 amide bonds. The van der Waals surface area contributed by atoms with Crippen molar-refractivity contribution in [2.24, 2.45) is 5.92 Å². The van der Waals surface area contributed by atoms with Crippen LogP contribution in [-0.4, -0.2) is 38.7 Å². The van der Waals surface area contributed by atoms with Gasteiger partial charge in [-0.2, -0.15) is 0 Å². The molecular formula is C16H27ClN2O2. The molecule has 0 aliphatic heterocycles. The van der Waals surface area contributed by atoms with Gasteiger partial charge in [-0.05, 0) is 50.0 Å². The molecule has 0 unspecified atom stereocenters. The highest BCUT2D eigenvalue weighted by atomic mass is 35.5. The number of benzene rings is 1. The lowest BCUT2D eigenvalue weighted by Gasteiger charge is -2.26. The van der Waals surface area contributed by atoms with Crippen LogP contribution in [0.3, 0.4) is 0 Å². The van der Waals surface area contributed by atoms with Crippen molar-refractivity contribution in [2.45, 2.75) is 26.2 Å². The highest BCUT2D eigenvalue weighted by molar-refractivity contribution is 5.85. The summed E-state index contributed by atoms with van der Waals surface area (Å²) in [5.74, 6) is 1.60. The number of ether oxygens (including phenoxy) is 1. The second-order valence-corrected chi connectivity index (χ2v) is 5.47. The maximum Gasteiger partial charge on any atom is 0.412 e. The molecule has 0 heterocycles. The zero-order chi connectivity index (χ0) is 15.1. The Kier molecular flexibility index (Phi) is 9.06. The van der Waals surface area contributed by atoms with E-state index in [0.29, 0.717) is 17.6 Å². The lowest BCUT2D eigenvalue weighted by atomic mass is 9.85. The Morgan fingerprint density at radius 1 is 1.38 bits per heavy atom. The van der Waals surface area contributed by atoms with Crippen molar-refractivity contribution in [3.8, 4) is 5.75 Å². The van der Waals surface area contributed by atoms with Gasteiger partial charge in [0.05, 0.1) is 0 Å². The fraction of sp³-hybridized carbons (Fsp3) is 0.562. The normalized spacial score (nSPS) is 13.2. The van der Waals surface area contributed by atoms with E-state index in [9.17, 15) is 4.79 Å². The smallest absolute Gasteiger partial charge is 0.410 e. The van der Waals surface area contributed by atoms with Gasteiger partial charge < -0.3 is 15.0 Å². The highest BCUT2D eigenvalue weighted by Gasteiger charge is 2.19. The van der Waals surface area contributed by atoms with Gasteiger partial charge in [-0.25, -0.2) is 4.79 Å². The standard InChI is InChI=1S/C16H26N2O2.ClH/c1-6-15(12(2)11-18(4)5)13-8-7-9-14(10-13)20-16(19)17-3;/h7-10,12,15H,6,11H2,1-5H3,(H,17,19);1H/t12-,15+;/m0./s1. The van der Waals surface area contributed by atoms with Crippen molar-refractivity contribution < 1.29 is 9.53 Å². The molecule has 0 spiro atoms. The van der Waals surface area contributed by atoms with E-state index in [1.54, 1.807) is 7.05 Å². The van der Waals surface area contributed by atoms with Crippen LogP contribution in [0.1, 0.15) is 31.7 Å². The average Bonchev–Trinajstić information content (AvgIpc) is 2.39. The summed E-state index contributed by atoms with van der Waals surface area (Å²) in [4.78, 5) is 13.5. The highest BCUT2D eigenvalue weighted by Crippen LogP contribution is 2.30. The van der Waals surface area contributed by atoms with Crippen LogP contribution in [0, 0.1) is 5.92 Å². The van der Waals surface area contributed by atoms with Crippen LogP contribution in [0.5, 0.6) is 5.75 Å². The van der Waals surface area contributed by atoms with E-state index in [2.05, 4.69) is 44.2 Å². The molecule has 5 heteroatoms. The van der Waals surface area contributed by atoms with Crippen molar-refractivity contribution in [1.82, 2.24) is 10.2 Å². The number of carbonyl (C=O) groups is 1. The maximum absolute atomic E-state index is 11.3. The first kappa shape index (κ1) is 19.7. The van der Waals surface area contributed by atoms with Crippen LogP contribution in [0.4, 0.5) is 4.79 Å². The molecule has 1 rings (SSSR count). The molecule has 21 heavy (non-hydrogen) atoms. The molecule has 2 atom stereocenters. The van der Waals surface area contributed by atoms with Gasteiger partial charge >= 0.3 is 6.09 Å².